The Bertz CT molecular complexity index is 1250. The predicted molar refractivity (Wildman–Crippen MR) is 133 cm³/mol. The zero-order valence-electron chi connectivity index (χ0n) is 20.5. The van der Waals surface area contributed by atoms with Crippen LogP contribution in [0.1, 0.15) is 55.5 Å². The first-order valence-electron chi connectivity index (χ1n) is 11.7. The van der Waals surface area contributed by atoms with Gasteiger partial charge in [0.2, 0.25) is 5.91 Å². The molecule has 2 aromatic carbocycles. The molecule has 1 aromatic heterocycles. The molecular formula is C28H31FN2O4. The number of carbonyl (C=O) groups excluding carboxylic acids is 2. The monoisotopic (exact) mass is 478 g/mol. The molecule has 7 heteroatoms. The van der Waals surface area contributed by atoms with Crippen molar-refractivity contribution in [1.82, 2.24) is 9.88 Å². The van der Waals surface area contributed by atoms with Crippen LogP contribution in [0, 0.1) is 19.8 Å². The number of aromatic nitrogens is 1. The number of hydrogen-bond donors (Lipinski definition) is 1. The van der Waals surface area contributed by atoms with E-state index in [1.54, 1.807) is 24.4 Å². The predicted octanol–water partition coefficient (Wildman–Crippen LogP) is 5.39. The van der Waals surface area contributed by atoms with Crippen LogP contribution in [0.15, 0.2) is 71.7 Å². The molecule has 0 saturated heterocycles. The van der Waals surface area contributed by atoms with E-state index in [4.69, 9.17) is 0 Å². The van der Waals surface area contributed by atoms with Crippen molar-refractivity contribution in [2.24, 2.45) is 5.92 Å². The summed E-state index contributed by atoms with van der Waals surface area (Å²) in [4.78, 5) is 41.2. The van der Waals surface area contributed by atoms with Crippen LogP contribution in [0.3, 0.4) is 0 Å². The highest BCUT2D eigenvalue weighted by Gasteiger charge is 2.27. The normalized spacial score (nSPS) is 12.7. The van der Waals surface area contributed by atoms with Crippen molar-refractivity contribution in [3.8, 4) is 11.1 Å². The van der Waals surface area contributed by atoms with E-state index >= 15 is 0 Å². The molecular weight excluding hydrogens is 447 g/mol. The van der Waals surface area contributed by atoms with Gasteiger partial charge in [-0.05, 0) is 66.1 Å². The van der Waals surface area contributed by atoms with Gasteiger partial charge in [-0.25, -0.2) is 4.79 Å². The van der Waals surface area contributed by atoms with Crippen LogP contribution in [0.25, 0.3) is 11.1 Å². The van der Waals surface area contributed by atoms with Gasteiger partial charge in [-0.2, -0.15) is 0 Å². The van der Waals surface area contributed by atoms with Gasteiger partial charge in [-0.3, -0.25) is 14.5 Å². The third-order valence-electron chi connectivity index (χ3n) is 6.06. The number of aryl methyl sites for hydroxylation is 2. The fourth-order valence-electron chi connectivity index (χ4n) is 4.23. The van der Waals surface area contributed by atoms with Crippen molar-refractivity contribution in [2.45, 2.75) is 52.6 Å². The summed E-state index contributed by atoms with van der Waals surface area (Å²) < 4.78 is 14.1. The summed E-state index contributed by atoms with van der Waals surface area (Å²) in [6.07, 6.45) is 1.59. The Kier molecular flexibility index (Phi) is 8.58. The Labute approximate surface area is 204 Å². The lowest BCUT2D eigenvalue weighted by Gasteiger charge is -2.25. The van der Waals surface area contributed by atoms with Gasteiger partial charge in [0.05, 0.1) is 12.5 Å². The maximum Gasteiger partial charge on any atom is 0.351 e. The first-order chi connectivity index (χ1) is 16.7. The fraction of sp³-hybridized carbons (Fsp3) is 0.321. The molecule has 1 amide bonds. The molecule has 0 aliphatic heterocycles. The first kappa shape index (κ1) is 25.9. The zero-order valence-corrected chi connectivity index (χ0v) is 20.5. The van der Waals surface area contributed by atoms with Gasteiger partial charge in [0, 0.05) is 16.8 Å². The number of amides is 1. The molecule has 1 unspecified atom stereocenters. The second-order valence-corrected chi connectivity index (χ2v) is 9.20. The van der Waals surface area contributed by atoms with E-state index in [9.17, 15) is 18.9 Å². The Morgan fingerprint density at radius 3 is 2.31 bits per heavy atom. The molecule has 6 nitrogen and oxygen atoms in total. The van der Waals surface area contributed by atoms with Gasteiger partial charge in [0.25, 0.3) is 5.56 Å². The largest absolute Gasteiger partial charge is 0.351 e. The number of halogens is 1. The third kappa shape index (κ3) is 6.44. The number of rotatable bonds is 9. The number of hydrogen-bond acceptors (Lipinski definition) is 4. The summed E-state index contributed by atoms with van der Waals surface area (Å²) in [5.41, 5.74) is 4.41. The van der Waals surface area contributed by atoms with Gasteiger partial charge in [0.1, 0.15) is 6.04 Å². The highest BCUT2D eigenvalue weighted by atomic mass is 19.3. The van der Waals surface area contributed by atoms with Crippen LogP contribution in [0.2, 0.25) is 0 Å². The second kappa shape index (κ2) is 11.6. The second-order valence-electron chi connectivity index (χ2n) is 9.20. The minimum Gasteiger partial charge on any atom is -0.347 e. The molecule has 1 N–H and O–H groups in total. The van der Waals surface area contributed by atoms with E-state index < -0.39 is 30.4 Å². The van der Waals surface area contributed by atoms with Crippen LogP contribution in [0.5, 0.6) is 0 Å². The van der Waals surface area contributed by atoms with Crippen molar-refractivity contribution in [3.63, 3.8) is 0 Å². The van der Waals surface area contributed by atoms with Gasteiger partial charge < -0.3 is 9.88 Å². The van der Waals surface area contributed by atoms with Gasteiger partial charge >= 0.3 is 5.97 Å². The maximum absolute atomic E-state index is 13.4. The van der Waals surface area contributed by atoms with Crippen molar-refractivity contribution in [1.29, 1.82) is 0 Å². The Morgan fingerprint density at radius 2 is 1.66 bits per heavy atom. The lowest BCUT2D eigenvalue weighted by molar-refractivity contribution is -0.184. The van der Waals surface area contributed by atoms with Crippen LogP contribution in [0.4, 0.5) is 4.53 Å². The molecule has 3 rings (SSSR count). The SMILES string of the molecule is Cc1ccccc1-c1cc([C@H](CC(=O)OF)NC(=O)C(CC(C)C)n2ccccc2=O)ccc1C. The van der Waals surface area contributed by atoms with Crippen LogP contribution >= 0.6 is 0 Å². The smallest absolute Gasteiger partial charge is 0.347 e. The standard InChI is InChI=1S/C28H31FN2O4/c1-18(2)15-25(31-14-8-7-11-26(31)32)28(34)30-24(17-27(33)35-29)21-13-12-20(4)23(16-21)22-10-6-5-9-19(22)3/h5-14,16,18,24-25H,15,17H2,1-4H3,(H,30,34)/t24-,25?/m0/s1. The Balaban J connectivity index is 2.00. The molecule has 184 valence electrons. The van der Waals surface area contributed by atoms with Crippen LogP contribution in [-0.2, 0) is 14.5 Å². The van der Waals surface area contributed by atoms with E-state index in [1.807, 2.05) is 64.1 Å². The number of benzene rings is 2. The van der Waals surface area contributed by atoms with E-state index in [-0.39, 0.29) is 11.5 Å². The maximum atomic E-state index is 13.4. The summed E-state index contributed by atoms with van der Waals surface area (Å²) in [6.45, 7) is 7.91. The highest BCUT2D eigenvalue weighted by Crippen LogP contribution is 2.31. The number of pyridine rings is 1. The first-order valence-corrected chi connectivity index (χ1v) is 11.7. The lowest BCUT2D eigenvalue weighted by atomic mass is 9.92. The molecule has 0 fully saturated rings. The molecule has 0 aliphatic carbocycles. The fourth-order valence-corrected chi connectivity index (χ4v) is 4.23. The molecule has 3 aromatic rings. The number of nitrogens with one attached hydrogen (secondary N) is 1. The molecule has 0 saturated carbocycles. The lowest BCUT2D eigenvalue weighted by Crippen LogP contribution is -2.40. The number of nitrogens with zero attached hydrogens (tertiary/aromatic N) is 1. The summed E-state index contributed by atoms with van der Waals surface area (Å²) in [7, 11) is 0. The molecule has 0 bridgehead atoms. The summed E-state index contributed by atoms with van der Waals surface area (Å²) in [5.74, 6) is -1.40. The average Bonchev–Trinajstić information content (AvgIpc) is 2.83. The average molecular weight is 479 g/mol. The molecule has 35 heavy (non-hydrogen) atoms. The van der Waals surface area contributed by atoms with E-state index in [1.165, 1.54) is 10.6 Å². The molecule has 2 atom stereocenters. The van der Waals surface area contributed by atoms with Gasteiger partial charge in [0.15, 0.2) is 0 Å². The minimum atomic E-state index is -1.09. The van der Waals surface area contributed by atoms with Gasteiger partial charge in [-0.1, -0.05) is 56.3 Å². The molecule has 0 spiro atoms. The third-order valence-corrected chi connectivity index (χ3v) is 6.06. The molecule has 0 radical (unpaired) electrons. The van der Waals surface area contributed by atoms with Crippen LogP contribution < -0.4 is 10.9 Å². The van der Waals surface area contributed by atoms with Crippen LogP contribution in [-0.4, -0.2) is 16.4 Å². The zero-order chi connectivity index (χ0) is 25.5. The van der Waals surface area contributed by atoms with E-state index in [0.29, 0.717) is 12.0 Å². The van der Waals surface area contributed by atoms with Gasteiger partial charge in [-0.15, -0.1) is 0 Å². The minimum absolute atomic E-state index is 0.124. The number of carbonyl (C=O) groups is 2. The van der Waals surface area contributed by atoms with E-state index in [2.05, 4.69) is 10.3 Å². The molecule has 1 heterocycles. The highest BCUT2D eigenvalue weighted by molar-refractivity contribution is 5.82. The topological polar surface area (TPSA) is 77.4 Å². The van der Waals surface area contributed by atoms with Crippen molar-refractivity contribution >= 4 is 11.9 Å². The Hall–Kier alpha value is -3.74. The van der Waals surface area contributed by atoms with Crippen molar-refractivity contribution in [3.05, 3.63) is 93.9 Å². The quantitative estimate of drug-likeness (QED) is 0.447. The summed E-state index contributed by atoms with van der Waals surface area (Å²) >= 11 is 0. The summed E-state index contributed by atoms with van der Waals surface area (Å²) in [5, 5.41) is 2.88. The summed E-state index contributed by atoms with van der Waals surface area (Å²) in [6, 6.07) is 16.6. The van der Waals surface area contributed by atoms with Crippen molar-refractivity contribution < 1.29 is 19.1 Å². The molecule has 0 aliphatic rings. The van der Waals surface area contributed by atoms with E-state index in [0.717, 1.165) is 22.3 Å². The van der Waals surface area contributed by atoms with Crippen molar-refractivity contribution in [2.75, 3.05) is 0 Å². The Morgan fingerprint density at radius 1 is 0.971 bits per heavy atom.